The minimum Gasteiger partial charge on any atom is -0.389 e. The molecule has 1 unspecified atom stereocenters. The van der Waals surface area contributed by atoms with Crippen LogP contribution < -0.4 is 0 Å². The molecule has 0 saturated heterocycles. The number of aliphatic hydroxyl groups is 1. The first kappa shape index (κ1) is 8.73. The maximum absolute atomic E-state index is 8.90. The Kier molecular flexibility index (Phi) is 3.59. The van der Waals surface area contributed by atoms with E-state index in [1.54, 1.807) is 19.9 Å². The monoisotopic (exact) mass is 146 g/mol. The van der Waals surface area contributed by atoms with Crippen molar-refractivity contribution in [3.63, 3.8) is 0 Å². The second-order valence-electron chi connectivity index (χ2n) is 1.84. The van der Waals surface area contributed by atoms with Crippen LogP contribution in [0.25, 0.3) is 0 Å². The summed E-state index contributed by atoms with van der Waals surface area (Å²) in [7, 11) is 0. The fraction of sp³-hybridized carbons (Fsp3) is 0.429. The van der Waals surface area contributed by atoms with Gasteiger partial charge < -0.3 is 5.11 Å². The Hall–Kier alpha value is -0.270. The van der Waals surface area contributed by atoms with Crippen LogP contribution in [-0.4, -0.2) is 11.2 Å². The Labute approximate surface area is 60.6 Å². The number of allylic oxidation sites excluding steroid dienone is 1. The Bertz CT molecular complexity index is 136. The molecule has 0 aliphatic carbocycles. The molecule has 0 spiro atoms. The van der Waals surface area contributed by atoms with Crippen molar-refractivity contribution in [2.75, 3.05) is 0 Å². The summed E-state index contributed by atoms with van der Waals surface area (Å²) in [6, 6.07) is 0. The Morgan fingerprint density at radius 3 is 2.33 bits per heavy atom. The van der Waals surface area contributed by atoms with E-state index in [-0.39, 0.29) is 0 Å². The van der Waals surface area contributed by atoms with Gasteiger partial charge >= 0.3 is 0 Å². The first-order valence-electron chi connectivity index (χ1n) is 2.78. The molecule has 0 amide bonds. The van der Waals surface area contributed by atoms with Gasteiger partial charge in [-0.15, -0.1) is 0 Å². The van der Waals surface area contributed by atoms with Gasteiger partial charge in [0, 0.05) is 5.03 Å². The lowest BCUT2D eigenvalue weighted by molar-refractivity contribution is 0.235. The van der Waals surface area contributed by atoms with Gasteiger partial charge in [-0.2, -0.15) is 0 Å². The molecule has 0 radical (unpaired) electrons. The molecule has 0 heterocycles. The number of hydrogen-bond donors (Lipinski definition) is 1. The molecule has 9 heavy (non-hydrogen) atoms. The van der Waals surface area contributed by atoms with Gasteiger partial charge in [0.25, 0.3) is 0 Å². The van der Waals surface area contributed by atoms with Crippen LogP contribution in [0.15, 0.2) is 23.3 Å². The predicted octanol–water partition coefficient (Wildman–Crippen LogP) is 2.07. The Morgan fingerprint density at radius 1 is 1.78 bits per heavy atom. The summed E-state index contributed by atoms with van der Waals surface area (Å²) in [6.45, 7) is 7.01. The van der Waals surface area contributed by atoms with Gasteiger partial charge in [0.05, 0.1) is 6.10 Å². The van der Waals surface area contributed by atoms with E-state index in [1.165, 1.54) is 0 Å². The van der Waals surface area contributed by atoms with Crippen molar-refractivity contribution >= 4 is 11.6 Å². The van der Waals surface area contributed by atoms with Gasteiger partial charge in [-0.25, -0.2) is 0 Å². The molecule has 1 N–H and O–H groups in total. The molecule has 0 aliphatic rings. The second kappa shape index (κ2) is 3.70. The zero-order chi connectivity index (χ0) is 7.44. The third kappa shape index (κ3) is 2.68. The maximum Gasteiger partial charge on any atom is 0.0770 e. The fourth-order valence-electron chi connectivity index (χ4n) is 0.385. The third-order valence-electron chi connectivity index (χ3n) is 1.06. The number of aliphatic hydroxyl groups excluding tert-OH is 1. The minimum absolute atomic E-state index is 0.532. The normalized spacial score (nSPS) is 15.3. The van der Waals surface area contributed by atoms with Crippen molar-refractivity contribution in [2.45, 2.75) is 20.0 Å². The van der Waals surface area contributed by atoms with Crippen LogP contribution in [0.3, 0.4) is 0 Å². The van der Waals surface area contributed by atoms with Crippen LogP contribution in [0.4, 0.5) is 0 Å². The molecule has 0 bridgehead atoms. The van der Waals surface area contributed by atoms with Crippen molar-refractivity contribution in [1.82, 2.24) is 0 Å². The second-order valence-corrected chi connectivity index (χ2v) is 2.25. The lowest BCUT2D eigenvalue weighted by atomic mass is 10.2. The summed E-state index contributed by atoms with van der Waals surface area (Å²) in [5, 5.41) is 9.43. The number of hydrogen-bond acceptors (Lipinski definition) is 1. The summed E-state index contributed by atoms with van der Waals surface area (Å²) in [5.74, 6) is 0. The van der Waals surface area contributed by atoms with Crippen molar-refractivity contribution in [2.24, 2.45) is 0 Å². The summed E-state index contributed by atoms with van der Waals surface area (Å²) < 4.78 is 0. The van der Waals surface area contributed by atoms with Gasteiger partial charge in [0.2, 0.25) is 0 Å². The SMILES string of the molecule is C=C(C(Cl)=CC)C(C)O. The standard InChI is InChI=1S/C7H11ClO/c1-4-7(8)5(2)6(3)9/h4,6,9H,2H2,1,3H3. The lowest BCUT2D eigenvalue weighted by Crippen LogP contribution is -2.02. The summed E-state index contributed by atoms with van der Waals surface area (Å²) in [6.07, 6.45) is 1.16. The third-order valence-corrected chi connectivity index (χ3v) is 1.53. The van der Waals surface area contributed by atoms with Crippen LogP contribution in [0.2, 0.25) is 0 Å². The Morgan fingerprint density at radius 2 is 2.22 bits per heavy atom. The highest BCUT2D eigenvalue weighted by Gasteiger charge is 2.03. The fourth-order valence-corrected chi connectivity index (χ4v) is 0.543. The van der Waals surface area contributed by atoms with Crippen molar-refractivity contribution in [3.8, 4) is 0 Å². The van der Waals surface area contributed by atoms with Crippen LogP contribution in [0.5, 0.6) is 0 Å². The maximum atomic E-state index is 8.90. The van der Waals surface area contributed by atoms with E-state index >= 15 is 0 Å². The molecule has 0 saturated carbocycles. The zero-order valence-corrected chi connectivity index (χ0v) is 6.44. The van der Waals surface area contributed by atoms with Crippen LogP contribution in [-0.2, 0) is 0 Å². The highest BCUT2D eigenvalue weighted by atomic mass is 35.5. The highest BCUT2D eigenvalue weighted by molar-refractivity contribution is 6.31. The van der Waals surface area contributed by atoms with Crippen molar-refractivity contribution < 1.29 is 5.11 Å². The predicted molar refractivity (Wildman–Crippen MR) is 40.4 cm³/mol. The average molecular weight is 147 g/mol. The van der Waals surface area contributed by atoms with E-state index in [0.717, 1.165) is 0 Å². The molecule has 2 heteroatoms. The van der Waals surface area contributed by atoms with E-state index in [0.29, 0.717) is 10.6 Å². The molecule has 0 aromatic carbocycles. The quantitative estimate of drug-likeness (QED) is 0.592. The molecule has 0 aromatic heterocycles. The number of halogens is 1. The first-order valence-corrected chi connectivity index (χ1v) is 3.16. The summed E-state index contributed by atoms with van der Waals surface area (Å²) in [5.41, 5.74) is 0.569. The van der Waals surface area contributed by atoms with Crippen LogP contribution >= 0.6 is 11.6 Å². The smallest absolute Gasteiger partial charge is 0.0770 e. The van der Waals surface area contributed by atoms with Gasteiger partial charge in [0.1, 0.15) is 0 Å². The Balaban J connectivity index is 4.06. The van der Waals surface area contributed by atoms with Gasteiger partial charge in [0.15, 0.2) is 0 Å². The zero-order valence-electron chi connectivity index (χ0n) is 5.69. The van der Waals surface area contributed by atoms with Crippen molar-refractivity contribution in [3.05, 3.63) is 23.3 Å². The van der Waals surface area contributed by atoms with E-state index in [1.807, 2.05) is 0 Å². The van der Waals surface area contributed by atoms with Crippen LogP contribution in [0, 0.1) is 0 Å². The van der Waals surface area contributed by atoms with Gasteiger partial charge in [-0.3, -0.25) is 0 Å². The van der Waals surface area contributed by atoms with E-state index in [9.17, 15) is 0 Å². The van der Waals surface area contributed by atoms with Crippen molar-refractivity contribution in [1.29, 1.82) is 0 Å². The topological polar surface area (TPSA) is 20.2 Å². The largest absolute Gasteiger partial charge is 0.389 e. The van der Waals surface area contributed by atoms with E-state index < -0.39 is 6.10 Å². The van der Waals surface area contributed by atoms with Gasteiger partial charge in [-0.05, 0) is 19.4 Å². The summed E-state index contributed by atoms with van der Waals surface area (Å²) in [4.78, 5) is 0. The molecule has 0 fully saturated rings. The highest BCUT2D eigenvalue weighted by Crippen LogP contribution is 2.15. The average Bonchev–Trinajstić information content (AvgIpc) is 1.84. The van der Waals surface area contributed by atoms with E-state index in [4.69, 9.17) is 16.7 Å². The molecular formula is C7H11ClO. The first-order chi connectivity index (χ1) is 4.09. The molecule has 0 aliphatic heterocycles. The van der Waals surface area contributed by atoms with Crippen LogP contribution in [0.1, 0.15) is 13.8 Å². The molecule has 1 nitrogen and oxygen atoms in total. The molecule has 0 rings (SSSR count). The minimum atomic E-state index is -0.548. The van der Waals surface area contributed by atoms with Gasteiger partial charge in [-0.1, -0.05) is 24.3 Å². The summed E-state index contributed by atoms with van der Waals surface area (Å²) >= 11 is 5.61. The lowest BCUT2D eigenvalue weighted by Gasteiger charge is -2.05. The van der Waals surface area contributed by atoms with E-state index in [2.05, 4.69) is 6.58 Å². The molecular weight excluding hydrogens is 136 g/mol. The molecule has 52 valence electrons. The molecule has 1 atom stereocenters. The number of rotatable bonds is 2. The molecule has 0 aromatic rings.